The van der Waals surface area contributed by atoms with Crippen molar-refractivity contribution < 1.29 is 19.8 Å². The molecule has 27 heavy (non-hydrogen) atoms. The van der Waals surface area contributed by atoms with E-state index in [4.69, 9.17) is 23.2 Å². The number of phenolic OH excluding ortho intramolecular Hbond substituents is 1. The average Bonchev–Trinajstić information content (AvgIpc) is 2.89. The molecular weight excluding hydrogens is 389 g/mol. The molecule has 2 aromatic rings. The topological polar surface area (TPSA) is 77.8 Å². The van der Waals surface area contributed by atoms with Crippen molar-refractivity contribution in [3.05, 3.63) is 69.2 Å². The Morgan fingerprint density at radius 2 is 1.74 bits per heavy atom. The molecule has 2 N–H and O–H groups in total. The van der Waals surface area contributed by atoms with Gasteiger partial charge in [-0.15, -0.1) is 0 Å². The Kier molecular flexibility index (Phi) is 5.44. The lowest BCUT2D eigenvalue weighted by Gasteiger charge is -2.24. The molecule has 1 fully saturated rings. The number of aliphatic hydroxyl groups excluding tert-OH is 1. The van der Waals surface area contributed by atoms with Gasteiger partial charge >= 0.3 is 0 Å². The minimum absolute atomic E-state index is 0.0162. The van der Waals surface area contributed by atoms with Crippen LogP contribution in [0.4, 0.5) is 0 Å². The molecule has 1 aliphatic rings. The van der Waals surface area contributed by atoms with E-state index in [0.717, 1.165) is 0 Å². The smallest absolute Gasteiger partial charge is 0.295 e. The number of phenols is 1. The number of halogens is 2. The van der Waals surface area contributed by atoms with Crippen molar-refractivity contribution in [2.24, 2.45) is 0 Å². The van der Waals surface area contributed by atoms with Crippen LogP contribution in [0.2, 0.25) is 10.0 Å². The molecule has 1 amide bonds. The summed E-state index contributed by atoms with van der Waals surface area (Å²) in [6.07, 6.45) is 0.647. The monoisotopic (exact) mass is 405 g/mol. The van der Waals surface area contributed by atoms with E-state index >= 15 is 0 Å². The van der Waals surface area contributed by atoms with Gasteiger partial charge in [-0.25, -0.2) is 0 Å². The number of hydrogen-bond acceptors (Lipinski definition) is 4. The van der Waals surface area contributed by atoms with Crippen LogP contribution in [0.5, 0.6) is 5.75 Å². The van der Waals surface area contributed by atoms with Crippen molar-refractivity contribution in [1.82, 2.24) is 4.90 Å². The molecule has 0 spiro atoms. The fourth-order valence-electron chi connectivity index (χ4n) is 3.15. The molecule has 5 nitrogen and oxygen atoms in total. The molecule has 1 heterocycles. The third-order valence-corrected chi connectivity index (χ3v) is 5.15. The van der Waals surface area contributed by atoms with Crippen LogP contribution in [0.15, 0.2) is 48.0 Å². The second-order valence-electron chi connectivity index (χ2n) is 6.21. The van der Waals surface area contributed by atoms with E-state index in [1.165, 1.54) is 35.2 Å². The van der Waals surface area contributed by atoms with Crippen molar-refractivity contribution in [1.29, 1.82) is 0 Å². The van der Waals surface area contributed by atoms with Gasteiger partial charge in [-0.1, -0.05) is 42.3 Å². The summed E-state index contributed by atoms with van der Waals surface area (Å²) >= 11 is 11.9. The van der Waals surface area contributed by atoms with Gasteiger partial charge in [0.1, 0.15) is 11.5 Å². The second kappa shape index (κ2) is 7.62. The fraction of sp³-hybridized carbons (Fsp3) is 0.200. The second-order valence-corrected chi connectivity index (χ2v) is 7.03. The number of aliphatic hydroxyl groups is 1. The van der Waals surface area contributed by atoms with Crippen LogP contribution < -0.4 is 0 Å². The van der Waals surface area contributed by atoms with E-state index < -0.39 is 17.7 Å². The third kappa shape index (κ3) is 3.53. The molecular formula is C20H17Cl2NO4. The van der Waals surface area contributed by atoms with Gasteiger partial charge in [0.2, 0.25) is 0 Å². The zero-order valence-electron chi connectivity index (χ0n) is 14.4. The summed E-state index contributed by atoms with van der Waals surface area (Å²) in [6, 6.07) is 9.93. The zero-order chi connectivity index (χ0) is 19.7. The standard InChI is InChI=1S/C20H17Cl2NO4/c1-2-9-23-17(11-3-6-13(24)7-4-11)16(19(26)20(23)27)18(25)12-5-8-14(21)15(22)10-12/h3-8,10,17,24-25H,2,9H2,1H3/b18-16-. The Balaban J connectivity index is 2.19. The molecule has 0 saturated carbocycles. The number of carbonyl (C=O) groups is 2. The van der Waals surface area contributed by atoms with E-state index in [2.05, 4.69) is 0 Å². The first-order valence-electron chi connectivity index (χ1n) is 8.38. The number of carbonyl (C=O) groups excluding carboxylic acids is 2. The summed E-state index contributed by atoms with van der Waals surface area (Å²) < 4.78 is 0. The Labute approximate surface area is 166 Å². The first kappa shape index (κ1) is 19.3. The minimum Gasteiger partial charge on any atom is -0.508 e. The van der Waals surface area contributed by atoms with Crippen molar-refractivity contribution in [2.45, 2.75) is 19.4 Å². The molecule has 0 radical (unpaired) electrons. The predicted molar refractivity (Wildman–Crippen MR) is 104 cm³/mol. The van der Waals surface area contributed by atoms with Gasteiger partial charge in [0.15, 0.2) is 0 Å². The van der Waals surface area contributed by atoms with Crippen molar-refractivity contribution in [3.63, 3.8) is 0 Å². The number of likely N-dealkylation sites (tertiary alicyclic amines) is 1. The first-order chi connectivity index (χ1) is 12.8. The Morgan fingerprint density at radius 1 is 1.07 bits per heavy atom. The normalized spacial score (nSPS) is 18.9. The maximum absolute atomic E-state index is 12.7. The number of rotatable bonds is 4. The number of Topliss-reactive ketones (excluding diaryl/α,β-unsaturated/α-hetero) is 1. The van der Waals surface area contributed by atoms with Crippen LogP contribution in [0.1, 0.15) is 30.5 Å². The molecule has 1 saturated heterocycles. The van der Waals surface area contributed by atoms with Gasteiger partial charge < -0.3 is 15.1 Å². The summed E-state index contributed by atoms with van der Waals surface area (Å²) in [5.74, 6) is -1.68. The minimum atomic E-state index is -0.759. The van der Waals surface area contributed by atoms with Crippen molar-refractivity contribution in [3.8, 4) is 5.75 Å². The molecule has 1 aliphatic heterocycles. The molecule has 7 heteroatoms. The summed E-state index contributed by atoms with van der Waals surface area (Å²) in [7, 11) is 0. The van der Waals surface area contributed by atoms with Gasteiger partial charge in [0.05, 0.1) is 21.7 Å². The Morgan fingerprint density at radius 3 is 2.33 bits per heavy atom. The molecule has 0 bridgehead atoms. The number of hydrogen-bond donors (Lipinski definition) is 2. The molecule has 1 atom stereocenters. The molecule has 1 unspecified atom stereocenters. The van der Waals surface area contributed by atoms with E-state index in [9.17, 15) is 19.8 Å². The number of benzene rings is 2. The van der Waals surface area contributed by atoms with E-state index in [-0.39, 0.29) is 22.1 Å². The van der Waals surface area contributed by atoms with Gasteiger partial charge in [-0.3, -0.25) is 9.59 Å². The van der Waals surface area contributed by atoms with Crippen LogP contribution in [0, 0.1) is 0 Å². The zero-order valence-corrected chi connectivity index (χ0v) is 16.0. The lowest BCUT2D eigenvalue weighted by Crippen LogP contribution is -2.30. The first-order valence-corrected chi connectivity index (χ1v) is 9.13. The van der Waals surface area contributed by atoms with Crippen LogP contribution in [-0.2, 0) is 9.59 Å². The number of amides is 1. The highest BCUT2D eigenvalue weighted by atomic mass is 35.5. The highest BCUT2D eigenvalue weighted by Crippen LogP contribution is 2.40. The van der Waals surface area contributed by atoms with E-state index in [1.807, 2.05) is 6.92 Å². The number of aromatic hydroxyl groups is 1. The molecule has 3 rings (SSSR count). The summed E-state index contributed by atoms with van der Waals surface area (Å²) in [5, 5.41) is 20.9. The van der Waals surface area contributed by atoms with Gasteiger partial charge in [-0.05, 0) is 42.3 Å². The van der Waals surface area contributed by atoms with Gasteiger partial charge in [-0.2, -0.15) is 0 Å². The van der Waals surface area contributed by atoms with Crippen LogP contribution in [0.25, 0.3) is 5.76 Å². The highest BCUT2D eigenvalue weighted by molar-refractivity contribution is 6.46. The summed E-state index contributed by atoms with van der Waals surface area (Å²) in [6.45, 7) is 2.25. The Bertz CT molecular complexity index is 937. The SMILES string of the molecule is CCCN1C(=O)C(=O)/C(=C(\O)c2ccc(Cl)c(Cl)c2)C1c1ccc(O)cc1. The van der Waals surface area contributed by atoms with Crippen molar-refractivity contribution in [2.75, 3.05) is 6.54 Å². The van der Waals surface area contributed by atoms with Crippen LogP contribution in [-0.4, -0.2) is 33.3 Å². The third-order valence-electron chi connectivity index (χ3n) is 4.41. The molecule has 0 aromatic heterocycles. The van der Waals surface area contributed by atoms with Gasteiger partial charge in [0.25, 0.3) is 11.7 Å². The predicted octanol–water partition coefficient (Wildman–Crippen LogP) is 4.53. The quantitative estimate of drug-likeness (QED) is 0.444. The summed E-state index contributed by atoms with van der Waals surface area (Å²) in [5.41, 5.74) is 0.891. The van der Waals surface area contributed by atoms with E-state index in [0.29, 0.717) is 29.1 Å². The van der Waals surface area contributed by atoms with Crippen LogP contribution in [0.3, 0.4) is 0 Å². The lowest BCUT2D eigenvalue weighted by molar-refractivity contribution is -0.139. The maximum atomic E-state index is 12.7. The van der Waals surface area contributed by atoms with Crippen molar-refractivity contribution >= 4 is 40.7 Å². The molecule has 0 aliphatic carbocycles. The van der Waals surface area contributed by atoms with E-state index in [1.54, 1.807) is 12.1 Å². The summed E-state index contributed by atoms with van der Waals surface area (Å²) in [4.78, 5) is 26.7. The Hall–Kier alpha value is -2.50. The fourth-order valence-corrected chi connectivity index (χ4v) is 3.45. The van der Waals surface area contributed by atoms with Crippen LogP contribution >= 0.6 is 23.2 Å². The van der Waals surface area contributed by atoms with Gasteiger partial charge in [0, 0.05) is 12.1 Å². The average molecular weight is 406 g/mol. The largest absolute Gasteiger partial charge is 0.508 e. The number of ketones is 1. The lowest BCUT2D eigenvalue weighted by atomic mass is 9.95. The maximum Gasteiger partial charge on any atom is 0.295 e. The highest BCUT2D eigenvalue weighted by Gasteiger charge is 2.45. The molecule has 140 valence electrons. The number of nitrogens with zero attached hydrogens (tertiary/aromatic N) is 1. The molecule has 2 aromatic carbocycles.